The SMILES string of the molecule is CCCCCCCCc1cccc(C2=C(CCCC)C(CCCCC)=C(c3cccc(CCCCCCCC)c3)[N+]2=[N-])c1.[CH2-]C.[CH2-]C.[Ni+2]. The Bertz CT molecular complexity index is 1180. The standard InChI is InChI=1S/C41H62N2.2C2H5.Ni/c1-5-9-13-15-17-20-24-34-26-22-28-36(32-34)40-38(30-12-8-4)39(31-19-11-7-3)41(43(40)42)37-29-23-27-35(33-37)25-21-18-16-14-10-6-2;2*1-2;/h22-23,26-29,32-33H,5-21,24-25,30-31H2,1-4H3;2*1H2,2H3;/q;2*-1;+2. The van der Waals surface area contributed by atoms with Gasteiger partial charge in [-0.15, -0.1) is 0 Å². The smallest absolute Gasteiger partial charge is 0.493 e. The average molecular weight is 700 g/mol. The molecule has 1 heterocycles. The Labute approximate surface area is 309 Å². The van der Waals surface area contributed by atoms with Crippen LogP contribution >= 0.6 is 0 Å². The molecule has 272 valence electrons. The van der Waals surface area contributed by atoms with E-state index in [-0.39, 0.29) is 16.5 Å². The zero-order valence-electron chi connectivity index (χ0n) is 32.1. The van der Waals surface area contributed by atoms with Crippen molar-refractivity contribution in [2.75, 3.05) is 0 Å². The van der Waals surface area contributed by atoms with Gasteiger partial charge in [-0.05, 0) is 86.8 Å². The normalized spacial score (nSPS) is 12.4. The molecular formula is C45H72N2Ni. The van der Waals surface area contributed by atoms with Crippen LogP contribution in [-0.2, 0) is 29.3 Å². The van der Waals surface area contributed by atoms with Gasteiger partial charge in [0, 0.05) is 22.3 Å². The second-order valence-electron chi connectivity index (χ2n) is 13.0. The molecule has 0 unspecified atom stereocenters. The molecule has 3 heteroatoms. The van der Waals surface area contributed by atoms with Crippen LogP contribution in [0.25, 0.3) is 16.9 Å². The Morgan fingerprint density at radius 2 is 0.792 bits per heavy atom. The summed E-state index contributed by atoms with van der Waals surface area (Å²) in [5.74, 6) is 0. The summed E-state index contributed by atoms with van der Waals surface area (Å²) >= 11 is 0. The summed E-state index contributed by atoms with van der Waals surface area (Å²) in [5, 5.41) is 0. The summed E-state index contributed by atoms with van der Waals surface area (Å²) in [6.07, 6.45) is 26.0. The van der Waals surface area contributed by atoms with Gasteiger partial charge in [-0.25, -0.2) is 4.70 Å². The maximum Gasteiger partial charge on any atom is 2.00 e. The fraction of sp³-hybridized carbons (Fsp3) is 0.600. The van der Waals surface area contributed by atoms with Crippen molar-refractivity contribution in [3.8, 4) is 0 Å². The summed E-state index contributed by atoms with van der Waals surface area (Å²) in [5.41, 5.74) is 22.0. The van der Waals surface area contributed by atoms with Crippen molar-refractivity contribution in [2.24, 2.45) is 0 Å². The molecule has 0 saturated heterocycles. The molecular weight excluding hydrogens is 627 g/mol. The van der Waals surface area contributed by atoms with Gasteiger partial charge >= 0.3 is 16.5 Å². The molecule has 2 aromatic rings. The van der Waals surface area contributed by atoms with E-state index in [0.717, 1.165) is 49.9 Å². The van der Waals surface area contributed by atoms with E-state index in [4.69, 9.17) is 0 Å². The van der Waals surface area contributed by atoms with Crippen LogP contribution in [0.2, 0.25) is 0 Å². The van der Waals surface area contributed by atoms with Crippen molar-refractivity contribution in [3.63, 3.8) is 0 Å². The van der Waals surface area contributed by atoms with Crippen LogP contribution in [0.1, 0.15) is 186 Å². The number of unbranched alkanes of at least 4 members (excludes halogenated alkanes) is 13. The molecule has 0 atom stereocenters. The fourth-order valence-corrected chi connectivity index (χ4v) is 6.66. The van der Waals surface area contributed by atoms with Crippen molar-refractivity contribution < 1.29 is 21.2 Å². The fourth-order valence-electron chi connectivity index (χ4n) is 6.66. The van der Waals surface area contributed by atoms with Crippen LogP contribution in [0.3, 0.4) is 0 Å². The molecule has 0 N–H and O–H groups in total. The Kier molecular flexibility index (Phi) is 28.7. The van der Waals surface area contributed by atoms with Crippen LogP contribution in [0.5, 0.6) is 0 Å². The number of allylic oxidation sites excluding steroid dienone is 2. The van der Waals surface area contributed by atoms with Crippen molar-refractivity contribution >= 4 is 11.4 Å². The minimum Gasteiger partial charge on any atom is -0.493 e. The Morgan fingerprint density at radius 3 is 1.21 bits per heavy atom. The molecule has 0 aromatic heterocycles. The van der Waals surface area contributed by atoms with Crippen LogP contribution in [0, 0.1) is 13.8 Å². The topological polar surface area (TPSA) is 25.3 Å². The minimum atomic E-state index is 0. The van der Waals surface area contributed by atoms with E-state index >= 15 is 0 Å². The number of aryl methyl sites for hydroxylation is 2. The quantitative estimate of drug-likeness (QED) is 0.0478. The zero-order chi connectivity index (χ0) is 34.7. The van der Waals surface area contributed by atoms with Crippen molar-refractivity contribution in [3.05, 3.63) is 101 Å². The first kappa shape index (κ1) is 46.0. The van der Waals surface area contributed by atoms with Gasteiger partial charge in [-0.1, -0.05) is 135 Å². The van der Waals surface area contributed by atoms with Gasteiger partial charge in [0.2, 0.25) is 11.4 Å². The third-order valence-electron chi connectivity index (χ3n) is 9.21. The number of nitrogens with zero attached hydrogens (tertiary/aromatic N) is 2. The molecule has 1 aliphatic heterocycles. The number of hydrogen-bond donors (Lipinski definition) is 0. The molecule has 2 nitrogen and oxygen atoms in total. The van der Waals surface area contributed by atoms with E-state index in [1.165, 1.54) is 130 Å². The first-order chi connectivity index (χ1) is 23.1. The maximum absolute atomic E-state index is 12.0. The number of benzene rings is 2. The molecule has 0 radical (unpaired) electrons. The Morgan fingerprint density at radius 1 is 0.458 bits per heavy atom. The maximum atomic E-state index is 12.0. The van der Waals surface area contributed by atoms with Gasteiger partial charge in [0.15, 0.2) is 0 Å². The summed E-state index contributed by atoms with van der Waals surface area (Å²) in [4.78, 5) is 0. The van der Waals surface area contributed by atoms with Gasteiger partial charge in [0.1, 0.15) is 0 Å². The molecule has 0 saturated carbocycles. The van der Waals surface area contributed by atoms with E-state index in [0.29, 0.717) is 0 Å². The molecule has 0 bridgehead atoms. The molecule has 0 fully saturated rings. The van der Waals surface area contributed by atoms with E-state index in [2.05, 4.69) is 90.1 Å². The van der Waals surface area contributed by atoms with Crippen LogP contribution in [-0.4, -0.2) is 4.70 Å². The van der Waals surface area contributed by atoms with Crippen molar-refractivity contribution in [2.45, 2.75) is 176 Å². The largest absolute Gasteiger partial charge is 2.00 e. The number of rotatable bonds is 23. The average Bonchev–Trinajstić information content (AvgIpc) is 3.39. The van der Waals surface area contributed by atoms with Crippen molar-refractivity contribution in [1.29, 1.82) is 0 Å². The second-order valence-corrected chi connectivity index (χ2v) is 13.0. The molecule has 0 spiro atoms. The van der Waals surface area contributed by atoms with Crippen LogP contribution < -0.4 is 0 Å². The van der Waals surface area contributed by atoms with Crippen LogP contribution in [0.4, 0.5) is 0 Å². The van der Waals surface area contributed by atoms with Gasteiger partial charge in [-0.2, -0.15) is 13.8 Å². The monoisotopic (exact) mass is 699 g/mol. The van der Waals surface area contributed by atoms with Gasteiger partial charge in [0.05, 0.1) is 0 Å². The van der Waals surface area contributed by atoms with E-state index in [1.54, 1.807) is 18.5 Å². The predicted molar refractivity (Wildman–Crippen MR) is 210 cm³/mol. The summed E-state index contributed by atoms with van der Waals surface area (Å²) in [6.45, 7) is 19.1. The van der Waals surface area contributed by atoms with Crippen molar-refractivity contribution in [1.82, 2.24) is 0 Å². The zero-order valence-corrected chi connectivity index (χ0v) is 33.1. The summed E-state index contributed by atoms with van der Waals surface area (Å²) in [7, 11) is 0. The van der Waals surface area contributed by atoms with Gasteiger partial charge in [-0.3, -0.25) is 0 Å². The molecule has 48 heavy (non-hydrogen) atoms. The molecule has 1 aliphatic rings. The third kappa shape index (κ3) is 16.1. The predicted octanol–water partition coefficient (Wildman–Crippen LogP) is 15.1. The Balaban J connectivity index is 0.00000425. The van der Waals surface area contributed by atoms with Gasteiger partial charge < -0.3 is 19.4 Å². The molecule has 0 aliphatic carbocycles. The van der Waals surface area contributed by atoms with Crippen LogP contribution in [0.15, 0.2) is 59.7 Å². The Hall–Kier alpha value is -1.99. The number of hydrogen-bond acceptors (Lipinski definition) is 0. The first-order valence-corrected chi connectivity index (χ1v) is 19.7. The first-order valence-electron chi connectivity index (χ1n) is 19.7. The van der Waals surface area contributed by atoms with E-state index < -0.39 is 0 Å². The minimum absolute atomic E-state index is 0. The van der Waals surface area contributed by atoms with E-state index in [1.807, 2.05) is 0 Å². The molecule has 2 aromatic carbocycles. The van der Waals surface area contributed by atoms with Gasteiger partial charge in [0.25, 0.3) is 0 Å². The van der Waals surface area contributed by atoms with E-state index in [9.17, 15) is 5.53 Å². The third-order valence-corrected chi connectivity index (χ3v) is 9.21. The second kappa shape index (κ2) is 29.9. The molecule has 3 rings (SSSR count). The summed E-state index contributed by atoms with van der Waals surface area (Å²) in [6, 6.07) is 18.1. The molecule has 0 amide bonds. The summed E-state index contributed by atoms with van der Waals surface area (Å²) < 4.78 is 1.58.